The Kier molecular flexibility index (Phi) is 5.92. The lowest BCUT2D eigenvalue weighted by molar-refractivity contribution is 0.0763. The monoisotopic (exact) mass is 492 g/mol. The van der Waals surface area contributed by atoms with E-state index >= 15 is 0 Å². The summed E-state index contributed by atoms with van der Waals surface area (Å²) in [4.78, 5) is 22.6. The Hall–Kier alpha value is -4.46. The fourth-order valence-corrected chi connectivity index (χ4v) is 5.06. The molecular formula is C29H28N6O2. The zero-order valence-electron chi connectivity index (χ0n) is 21.0. The third-order valence-electron chi connectivity index (χ3n) is 6.91. The molecule has 1 amide bonds. The third kappa shape index (κ3) is 4.14. The van der Waals surface area contributed by atoms with Gasteiger partial charge in [-0.25, -0.2) is 9.38 Å². The Morgan fingerprint density at radius 1 is 0.892 bits per heavy atom. The third-order valence-corrected chi connectivity index (χ3v) is 6.91. The number of benzene rings is 3. The molecule has 0 atom stereocenters. The van der Waals surface area contributed by atoms with E-state index in [2.05, 4.69) is 44.6 Å². The number of para-hydroxylation sites is 2. The van der Waals surface area contributed by atoms with Crippen molar-refractivity contribution in [3.63, 3.8) is 0 Å². The maximum absolute atomic E-state index is 13.4. The molecule has 0 unspecified atom stereocenters. The number of hydrogen-bond acceptors (Lipinski definition) is 6. The van der Waals surface area contributed by atoms with Crippen LogP contribution >= 0.6 is 0 Å². The number of anilines is 1. The normalized spacial score (nSPS) is 14.2. The van der Waals surface area contributed by atoms with Crippen LogP contribution in [-0.4, -0.2) is 63.7 Å². The minimum atomic E-state index is -0.0133. The first-order valence-electron chi connectivity index (χ1n) is 12.5. The molecule has 1 aliphatic rings. The highest BCUT2D eigenvalue weighted by molar-refractivity contribution is 5.97. The summed E-state index contributed by atoms with van der Waals surface area (Å²) >= 11 is 0. The van der Waals surface area contributed by atoms with Gasteiger partial charge in [0.05, 0.1) is 18.2 Å². The van der Waals surface area contributed by atoms with Crippen LogP contribution in [0.15, 0.2) is 72.8 Å². The van der Waals surface area contributed by atoms with Crippen molar-refractivity contribution in [2.75, 3.05) is 38.2 Å². The summed E-state index contributed by atoms with van der Waals surface area (Å²) in [5.41, 5.74) is 4.39. The van der Waals surface area contributed by atoms with Crippen molar-refractivity contribution in [1.82, 2.24) is 24.5 Å². The molecule has 1 fully saturated rings. The van der Waals surface area contributed by atoms with E-state index in [0.29, 0.717) is 30.9 Å². The van der Waals surface area contributed by atoms with Crippen LogP contribution in [0.3, 0.4) is 0 Å². The molecule has 1 aliphatic heterocycles. The van der Waals surface area contributed by atoms with E-state index in [0.717, 1.165) is 52.4 Å². The zero-order chi connectivity index (χ0) is 25.4. The van der Waals surface area contributed by atoms with E-state index in [9.17, 15) is 4.79 Å². The van der Waals surface area contributed by atoms with Gasteiger partial charge in [-0.15, -0.1) is 10.2 Å². The second-order valence-corrected chi connectivity index (χ2v) is 9.31. The van der Waals surface area contributed by atoms with Gasteiger partial charge in [0, 0.05) is 37.1 Å². The lowest BCUT2D eigenvalue weighted by Gasteiger charge is -2.24. The largest absolute Gasteiger partial charge is 0.496 e. The fraction of sp³-hybridized carbons (Fsp3) is 0.241. The van der Waals surface area contributed by atoms with Crippen LogP contribution in [0.4, 0.5) is 5.95 Å². The molecule has 0 saturated carbocycles. The maximum Gasteiger partial charge on any atom is 0.257 e. The van der Waals surface area contributed by atoms with Gasteiger partial charge in [0.25, 0.3) is 5.91 Å². The van der Waals surface area contributed by atoms with Crippen LogP contribution in [0.2, 0.25) is 0 Å². The minimum Gasteiger partial charge on any atom is -0.496 e. The number of rotatable bonds is 4. The van der Waals surface area contributed by atoms with Crippen LogP contribution < -0.4 is 9.64 Å². The van der Waals surface area contributed by atoms with Crippen molar-refractivity contribution < 1.29 is 9.53 Å². The number of amides is 1. The van der Waals surface area contributed by atoms with E-state index < -0.39 is 0 Å². The van der Waals surface area contributed by atoms with Gasteiger partial charge in [-0.2, -0.15) is 0 Å². The molecule has 8 nitrogen and oxygen atoms in total. The number of aryl methyl sites for hydroxylation is 1. The second-order valence-electron chi connectivity index (χ2n) is 9.31. The molecule has 0 radical (unpaired) electrons. The quantitative estimate of drug-likeness (QED) is 0.365. The number of carbonyl (C=O) groups excluding carboxylic acids is 1. The number of methoxy groups -OCH3 is 1. The lowest BCUT2D eigenvalue weighted by atomic mass is 10.1. The van der Waals surface area contributed by atoms with Gasteiger partial charge in [-0.05, 0) is 43.7 Å². The SMILES string of the molecule is COc1ccccc1C(=O)N1CCCN(c2nc3ccccc3c3nnc(-c4cccc(C)c4)n23)CC1. The van der Waals surface area contributed by atoms with Gasteiger partial charge in [0.15, 0.2) is 11.5 Å². The van der Waals surface area contributed by atoms with Crippen LogP contribution in [0.25, 0.3) is 27.9 Å². The molecule has 2 aromatic heterocycles. The molecule has 5 aromatic rings. The molecule has 186 valence electrons. The predicted octanol–water partition coefficient (Wildman–Crippen LogP) is 4.61. The second kappa shape index (κ2) is 9.54. The molecule has 37 heavy (non-hydrogen) atoms. The maximum atomic E-state index is 13.4. The number of ether oxygens (including phenoxy) is 1. The number of aromatic nitrogens is 4. The molecule has 3 aromatic carbocycles. The molecule has 0 spiro atoms. The van der Waals surface area contributed by atoms with Crippen molar-refractivity contribution >= 4 is 28.4 Å². The Balaban J connectivity index is 1.40. The van der Waals surface area contributed by atoms with Gasteiger partial charge < -0.3 is 14.5 Å². The first-order valence-corrected chi connectivity index (χ1v) is 12.5. The van der Waals surface area contributed by atoms with Gasteiger partial charge in [0.1, 0.15) is 5.75 Å². The van der Waals surface area contributed by atoms with Crippen LogP contribution in [0, 0.1) is 6.92 Å². The molecule has 0 N–H and O–H groups in total. The average molecular weight is 493 g/mol. The smallest absolute Gasteiger partial charge is 0.257 e. The van der Waals surface area contributed by atoms with Crippen LogP contribution in [0.1, 0.15) is 22.3 Å². The minimum absolute atomic E-state index is 0.0133. The Morgan fingerprint density at radius 3 is 2.59 bits per heavy atom. The van der Waals surface area contributed by atoms with Gasteiger partial charge in [0.2, 0.25) is 5.95 Å². The summed E-state index contributed by atoms with van der Waals surface area (Å²) in [6.07, 6.45) is 0.818. The van der Waals surface area contributed by atoms with Gasteiger partial charge in [-0.3, -0.25) is 4.79 Å². The fourth-order valence-electron chi connectivity index (χ4n) is 5.06. The number of hydrogen-bond donors (Lipinski definition) is 0. The number of fused-ring (bicyclic) bond motifs is 3. The summed E-state index contributed by atoms with van der Waals surface area (Å²) in [6, 6.07) is 23.7. The Morgan fingerprint density at radius 2 is 1.73 bits per heavy atom. The number of nitrogens with zero attached hydrogens (tertiary/aromatic N) is 6. The summed E-state index contributed by atoms with van der Waals surface area (Å²) in [6.45, 7) is 4.73. The van der Waals surface area contributed by atoms with E-state index in [-0.39, 0.29) is 5.91 Å². The first-order chi connectivity index (χ1) is 18.1. The highest BCUT2D eigenvalue weighted by Gasteiger charge is 2.26. The van der Waals surface area contributed by atoms with Gasteiger partial charge >= 0.3 is 0 Å². The molecule has 0 aliphatic carbocycles. The predicted molar refractivity (Wildman–Crippen MR) is 144 cm³/mol. The first kappa shape index (κ1) is 23.0. The van der Waals surface area contributed by atoms with Crippen molar-refractivity contribution in [1.29, 1.82) is 0 Å². The zero-order valence-corrected chi connectivity index (χ0v) is 21.0. The summed E-state index contributed by atoms with van der Waals surface area (Å²) in [7, 11) is 1.60. The van der Waals surface area contributed by atoms with Gasteiger partial charge in [-0.1, -0.05) is 48.0 Å². The molecule has 1 saturated heterocycles. The van der Waals surface area contributed by atoms with E-state index in [1.165, 1.54) is 0 Å². The molecule has 6 rings (SSSR count). The lowest BCUT2D eigenvalue weighted by Crippen LogP contribution is -2.36. The van der Waals surface area contributed by atoms with Crippen LogP contribution in [0.5, 0.6) is 5.75 Å². The van der Waals surface area contributed by atoms with E-state index in [4.69, 9.17) is 9.72 Å². The Labute approximate surface area is 215 Å². The van der Waals surface area contributed by atoms with Crippen molar-refractivity contribution in [2.45, 2.75) is 13.3 Å². The highest BCUT2D eigenvalue weighted by atomic mass is 16.5. The topological polar surface area (TPSA) is 75.9 Å². The standard InChI is InChI=1S/C29H28N6O2/c1-20-9-7-10-21(19-20)26-31-32-27-22-11-3-5-13-24(22)30-29(35(26)27)34-16-8-15-33(17-18-34)28(36)23-12-4-6-14-25(23)37-2/h3-7,9-14,19H,8,15-18H2,1-2H3. The Bertz CT molecular complexity index is 1610. The van der Waals surface area contributed by atoms with E-state index in [1.807, 2.05) is 59.5 Å². The van der Waals surface area contributed by atoms with E-state index in [1.54, 1.807) is 7.11 Å². The van der Waals surface area contributed by atoms with Crippen molar-refractivity contribution in [3.8, 4) is 17.1 Å². The molecule has 0 bridgehead atoms. The highest BCUT2D eigenvalue weighted by Crippen LogP contribution is 2.29. The molecule has 3 heterocycles. The molecular weight excluding hydrogens is 464 g/mol. The summed E-state index contributed by atoms with van der Waals surface area (Å²) < 4.78 is 7.50. The van der Waals surface area contributed by atoms with Crippen molar-refractivity contribution in [3.05, 3.63) is 83.9 Å². The van der Waals surface area contributed by atoms with Crippen molar-refractivity contribution in [2.24, 2.45) is 0 Å². The molecule has 8 heteroatoms. The summed E-state index contributed by atoms with van der Waals surface area (Å²) in [5, 5.41) is 10.2. The summed E-state index contributed by atoms with van der Waals surface area (Å²) in [5.74, 6) is 2.14. The average Bonchev–Trinajstić information content (AvgIpc) is 3.24. The van der Waals surface area contributed by atoms with Crippen LogP contribution in [-0.2, 0) is 0 Å². The number of carbonyl (C=O) groups is 1.